The highest BCUT2D eigenvalue weighted by Gasteiger charge is 2.33. The normalized spacial score (nSPS) is 14.9. The maximum atomic E-state index is 12.7. The maximum absolute atomic E-state index is 12.7. The lowest BCUT2D eigenvalue weighted by Crippen LogP contribution is -2.41. The molecule has 1 amide bonds. The second-order valence-corrected chi connectivity index (χ2v) is 7.53. The average molecular weight is 367 g/mol. The van der Waals surface area contributed by atoms with Gasteiger partial charge in [0.15, 0.2) is 0 Å². The number of hydrogen-bond acceptors (Lipinski definition) is 3. The van der Waals surface area contributed by atoms with Gasteiger partial charge in [0.25, 0.3) is 0 Å². The van der Waals surface area contributed by atoms with Crippen molar-refractivity contribution in [2.75, 3.05) is 26.2 Å². The highest BCUT2D eigenvalue weighted by Crippen LogP contribution is 2.41. The van der Waals surface area contributed by atoms with E-state index in [1.807, 2.05) is 23.1 Å². The number of carbonyl (C=O) groups excluding carboxylic acids is 1. The Kier molecular flexibility index (Phi) is 7.02. The molecule has 144 valence electrons. The smallest absolute Gasteiger partial charge is 0.234 e. The van der Waals surface area contributed by atoms with Crippen molar-refractivity contribution in [3.63, 3.8) is 0 Å². The lowest BCUT2D eigenvalue weighted by molar-refractivity contribution is -0.123. The van der Waals surface area contributed by atoms with E-state index in [0.717, 1.165) is 13.0 Å². The summed E-state index contributed by atoms with van der Waals surface area (Å²) >= 11 is 0. The fourth-order valence-corrected chi connectivity index (χ4v) is 3.44. The summed E-state index contributed by atoms with van der Waals surface area (Å²) in [5, 5.41) is 12.6. The van der Waals surface area contributed by atoms with Gasteiger partial charge in [0.05, 0.1) is 19.2 Å². The molecule has 0 saturated heterocycles. The molecule has 0 heterocycles. The second kappa shape index (κ2) is 9.67. The number of aliphatic hydroxyl groups excluding tert-OH is 1. The molecule has 0 spiro atoms. The van der Waals surface area contributed by atoms with Gasteiger partial charge in [-0.05, 0) is 43.2 Å². The molecule has 4 heteroatoms. The van der Waals surface area contributed by atoms with Gasteiger partial charge in [0.1, 0.15) is 0 Å². The van der Waals surface area contributed by atoms with Gasteiger partial charge in [0, 0.05) is 13.1 Å². The molecule has 1 saturated carbocycles. The molecule has 3 rings (SSSR count). The van der Waals surface area contributed by atoms with Crippen LogP contribution in [0.5, 0.6) is 0 Å². The number of hydrogen-bond donors (Lipinski definition) is 2. The van der Waals surface area contributed by atoms with Crippen LogP contribution in [0.1, 0.15) is 35.6 Å². The van der Waals surface area contributed by atoms with Crippen molar-refractivity contribution in [3.8, 4) is 0 Å². The highest BCUT2D eigenvalue weighted by molar-refractivity contribution is 5.78. The Balaban J connectivity index is 1.56. The van der Waals surface area contributed by atoms with E-state index in [-0.39, 0.29) is 18.6 Å². The van der Waals surface area contributed by atoms with Gasteiger partial charge in [-0.1, -0.05) is 60.2 Å². The van der Waals surface area contributed by atoms with Crippen LogP contribution in [0.4, 0.5) is 0 Å². The monoisotopic (exact) mass is 366 g/mol. The number of nitrogens with one attached hydrogen (secondary N) is 1. The Bertz CT molecular complexity index is 711. The molecule has 1 aliphatic rings. The summed E-state index contributed by atoms with van der Waals surface area (Å²) in [4.78, 5) is 14.7. The molecular formula is C23H30N2O2. The van der Waals surface area contributed by atoms with E-state index >= 15 is 0 Å². The summed E-state index contributed by atoms with van der Waals surface area (Å²) < 4.78 is 0. The predicted molar refractivity (Wildman–Crippen MR) is 108 cm³/mol. The number of nitrogens with zero attached hydrogens (tertiary/aromatic N) is 1. The largest absolute Gasteiger partial charge is 0.395 e. The van der Waals surface area contributed by atoms with Crippen LogP contribution in [-0.2, 0) is 11.2 Å². The zero-order chi connectivity index (χ0) is 19.1. The van der Waals surface area contributed by atoms with Crippen LogP contribution in [0.2, 0.25) is 0 Å². The number of aliphatic hydroxyl groups is 1. The van der Waals surface area contributed by atoms with E-state index in [1.165, 1.54) is 29.5 Å². The van der Waals surface area contributed by atoms with E-state index < -0.39 is 0 Å². The van der Waals surface area contributed by atoms with Gasteiger partial charge in [-0.2, -0.15) is 0 Å². The molecule has 0 radical (unpaired) electrons. The molecule has 1 atom stereocenters. The Morgan fingerprint density at radius 2 is 1.81 bits per heavy atom. The van der Waals surface area contributed by atoms with E-state index in [4.69, 9.17) is 0 Å². The van der Waals surface area contributed by atoms with Crippen molar-refractivity contribution in [1.29, 1.82) is 0 Å². The van der Waals surface area contributed by atoms with E-state index in [2.05, 4.69) is 48.6 Å². The summed E-state index contributed by atoms with van der Waals surface area (Å²) in [6.45, 7) is 3.73. The summed E-state index contributed by atoms with van der Waals surface area (Å²) in [5.74, 6) is 0.584. The van der Waals surface area contributed by atoms with E-state index in [9.17, 15) is 9.90 Å². The number of rotatable bonds is 10. The fourth-order valence-electron chi connectivity index (χ4n) is 3.44. The van der Waals surface area contributed by atoms with Gasteiger partial charge in [-0.25, -0.2) is 0 Å². The first-order valence-electron chi connectivity index (χ1n) is 9.89. The summed E-state index contributed by atoms with van der Waals surface area (Å²) in [5.41, 5.74) is 3.67. The van der Waals surface area contributed by atoms with Gasteiger partial charge in [-0.15, -0.1) is 0 Å². The molecule has 1 fully saturated rings. The van der Waals surface area contributed by atoms with Crippen molar-refractivity contribution < 1.29 is 9.90 Å². The summed E-state index contributed by atoms with van der Waals surface area (Å²) in [6.07, 6.45) is 3.22. The number of benzene rings is 2. The molecule has 2 aromatic carbocycles. The number of amides is 1. The average Bonchev–Trinajstić information content (AvgIpc) is 3.51. The van der Waals surface area contributed by atoms with Crippen LogP contribution < -0.4 is 5.32 Å². The molecule has 4 nitrogen and oxygen atoms in total. The van der Waals surface area contributed by atoms with Crippen LogP contribution in [-0.4, -0.2) is 42.2 Å². The van der Waals surface area contributed by atoms with Gasteiger partial charge in [0.2, 0.25) is 5.91 Å². The third kappa shape index (κ3) is 6.19. The van der Waals surface area contributed by atoms with Crippen LogP contribution >= 0.6 is 0 Å². The first kappa shape index (κ1) is 19.6. The zero-order valence-electron chi connectivity index (χ0n) is 16.1. The molecule has 2 N–H and O–H groups in total. The van der Waals surface area contributed by atoms with E-state index in [1.54, 1.807) is 0 Å². The predicted octanol–water partition coefficient (Wildman–Crippen LogP) is 3.10. The van der Waals surface area contributed by atoms with Gasteiger partial charge in [-0.3, -0.25) is 9.69 Å². The number of aryl methyl sites for hydroxylation is 1. The number of carbonyl (C=O) groups is 1. The minimum Gasteiger partial charge on any atom is -0.395 e. The van der Waals surface area contributed by atoms with Crippen molar-refractivity contribution >= 4 is 5.91 Å². The van der Waals surface area contributed by atoms with Crippen molar-refractivity contribution in [2.45, 2.75) is 32.2 Å². The molecule has 1 unspecified atom stereocenters. The standard InChI is InChI=1S/C23H30N2O2/c1-18-7-9-20(10-8-18)23(21-11-12-21)24-22(27)17-25(15-16-26)14-13-19-5-3-2-4-6-19/h2-10,21,23,26H,11-17H2,1H3,(H,24,27). The molecule has 0 aliphatic heterocycles. The van der Waals surface area contributed by atoms with Gasteiger partial charge < -0.3 is 10.4 Å². The van der Waals surface area contributed by atoms with Crippen LogP contribution in [0, 0.1) is 12.8 Å². The Hall–Kier alpha value is -2.17. The third-order valence-electron chi connectivity index (χ3n) is 5.19. The van der Waals surface area contributed by atoms with Crippen molar-refractivity contribution in [1.82, 2.24) is 10.2 Å². The minimum absolute atomic E-state index is 0.0361. The van der Waals surface area contributed by atoms with Crippen LogP contribution in [0.3, 0.4) is 0 Å². The Morgan fingerprint density at radius 1 is 1.11 bits per heavy atom. The lowest BCUT2D eigenvalue weighted by atomic mass is 10.0. The topological polar surface area (TPSA) is 52.6 Å². The first-order chi connectivity index (χ1) is 13.2. The molecule has 2 aromatic rings. The Morgan fingerprint density at radius 3 is 2.44 bits per heavy atom. The lowest BCUT2D eigenvalue weighted by Gasteiger charge is -2.24. The summed E-state index contributed by atoms with van der Waals surface area (Å²) in [6, 6.07) is 18.8. The van der Waals surface area contributed by atoms with Crippen LogP contribution in [0.25, 0.3) is 0 Å². The maximum Gasteiger partial charge on any atom is 0.234 e. The summed E-state index contributed by atoms with van der Waals surface area (Å²) in [7, 11) is 0. The van der Waals surface area contributed by atoms with Crippen LogP contribution in [0.15, 0.2) is 54.6 Å². The van der Waals surface area contributed by atoms with E-state index in [0.29, 0.717) is 19.0 Å². The zero-order valence-corrected chi connectivity index (χ0v) is 16.1. The SMILES string of the molecule is Cc1ccc(C(NC(=O)CN(CCO)CCc2ccccc2)C2CC2)cc1. The van der Waals surface area contributed by atoms with Crippen molar-refractivity contribution in [2.24, 2.45) is 5.92 Å². The van der Waals surface area contributed by atoms with Crippen molar-refractivity contribution in [3.05, 3.63) is 71.3 Å². The minimum atomic E-state index is 0.0361. The first-order valence-corrected chi connectivity index (χ1v) is 9.89. The second-order valence-electron chi connectivity index (χ2n) is 7.53. The molecule has 1 aliphatic carbocycles. The highest BCUT2D eigenvalue weighted by atomic mass is 16.3. The molecular weight excluding hydrogens is 336 g/mol. The third-order valence-corrected chi connectivity index (χ3v) is 5.19. The molecule has 0 bridgehead atoms. The molecule has 0 aromatic heterocycles. The van der Waals surface area contributed by atoms with Gasteiger partial charge >= 0.3 is 0 Å². The fraction of sp³-hybridized carbons (Fsp3) is 0.435. The Labute approximate surface area is 162 Å². The molecule has 27 heavy (non-hydrogen) atoms. The quantitative estimate of drug-likeness (QED) is 0.679.